The quantitative estimate of drug-likeness (QED) is 0.256. The minimum atomic E-state index is -1.22. The smallest absolute Gasteiger partial charge is 0.322 e. The molecular formula is C17H22N4O6S3. The Balaban J connectivity index is 0.000000367. The molecule has 30 heavy (non-hydrogen) atoms. The van der Waals surface area contributed by atoms with Crippen molar-refractivity contribution in [2.75, 3.05) is 12.3 Å². The van der Waals surface area contributed by atoms with Crippen molar-refractivity contribution in [3.8, 4) is 0 Å². The maximum absolute atomic E-state index is 11.5. The molecule has 0 unspecified atom stereocenters. The Morgan fingerprint density at radius 1 is 1.20 bits per heavy atom. The zero-order valence-electron chi connectivity index (χ0n) is 15.6. The number of nitrogens with zero attached hydrogens (tertiary/aromatic N) is 1. The predicted molar refractivity (Wildman–Crippen MR) is 118 cm³/mol. The summed E-state index contributed by atoms with van der Waals surface area (Å²) in [5.41, 5.74) is 6.27. The van der Waals surface area contributed by atoms with Crippen molar-refractivity contribution in [3.63, 3.8) is 0 Å². The predicted octanol–water partition coefficient (Wildman–Crippen LogP) is 0.379. The van der Waals surface area contributed by atoms with Crippen LogP contribution in [0, 0.1) is 0 Å². The van der Waals surface area contributed by atoms with Crippen molar-refractivity contribution in [1.29, 1.82) is 0 Å². The molecular weight excluding hydrogens is 452 g/mol. The number of aromatic nitrogens is 1. The van der Waals surface area contributed by atoms with E-state index < -0.39 is 42.4 Å². The summed E-state index contributed by atoms with van der Waals surface area (Å²) in [5.74, 6) is -3.70. The number of carbonyl (C=O) groups is 4. The summed E-state index contributed by atoms with van der Waals surface area (Å²) >= 11 is 9.63. The number of carbonyl (C=O) groups excluding carboxylic acids is 2. The number of carboxylic acid groups (broad SMARTS) is 2. The SMILES string of the molecule is N[C@@H](CCC(=O)N[C@@H](CS)C(=O)NCC(=O)O)C(=O)O.Sc1nc2ccccc2s1. The van der Waals surface area contributed by atoms with Gasteiger partial charge in [0, 0.05) is 12.2 Å². The van der Waals surface area contributed by atoms with Gasteiger partial charge in [-0.25, -0.2) is 4.98 Å². The van der Waals surface area contributed by atoms with E-state index in [1.807, 2.05) is 24.3 Å². The number of thiol groups is 2. The highest BCUT2D eigenvalue weighted by atomic mass is 32.2. The van der Waals surface area contributed by atoms with Gasteiger partial charge in [-0.2, -0.15) is 12.6 Å². The van der Waals surface area contributed by atoms with Gasteiger partial charge in [-0.1, -0.05) is 12.1 Å². The first-order valence-electron chi connectivity index (χ1n) is 8.56. The normalized spacial score (nSPS) is 12.2. The fourth-order valence-electron chi connectivity index (χ4n) is 2.02. The first kappa shape index (κ1) is 25.7. The number of benzene rings is 1. The monoisotopic (exact) mass is 474 g/mol. The van der Waals surface area contributed by atoms with Crippen molar-refractivity contribution >= 4 is 70.6 Å². The number of rotatable bonds is 9. The van der Waals surface area contributed by atoms with Gasteiger partial charge < -0.3 is 26.6 Å². The number of fused-ring (bicyclic) bond motifs is 1. The second-order valence-electron chi connectivity index (χ2n) is 5.86. The Morgan fingerprint density at radius 3 is 2.43 bits per heavy atom. The molecule has 2 amide bonds. The standard InChI is InChI=1S/C10H17N3O6S.C7H5NS2/c11-5(10(18)19)1-2-7(14)13-6(4-20)9(17)12-3-8(15)16;9-7-8-5-3-1-2-4-6(5)10-7/h5-6,20H,1-4,11H2,(H,12,17)(H,13,14)(H,15,16)(H,18,19);1-4H,(H,8,9)/t5-,6-;/m0./s1. The van der Waals surface area contributed by atoms with Crippen molar-refractivity contribution in [2.45, 2.75) is 29.3 Å². The van der Waals surface area contributed by atoms with E-state index in [-0.39, 0.29) is 18.6 Å². The van der Waals surface area contributed by atoms with Crippen LogP contribution in [0.1, 0.15) is 12.8 Å². The minimum Gasteiger partial charge on any atom is -0.480 e. The summed E-state index contributed by atoms with van der Waals surface area (Å²) in [6.07, 6.45) is -0.235. The largest absolute Gasteiger partial charge is 0.480 e. The molecule has 2 aromatic rings. The number of amides is 2. The molecule has 2 rings (SSSR count). The van der Waals surface area contributed by atoms with E-state index >= 15 is 0 Å². The number of aliphatic carboxylic acids is 2. The van der Waals surface area contributed by atoms with Gasteiger partial charge in [-0.3, -0.25) is 19.2 Å². The van der Waals surface area contributed by atoms with Gasteiger partial charge in [-0.15, -0.1) is 24.0 Å². The number of hydrogen-bond acceptors (Lipinski definition) is 9. The Morgan fingerprint density at radius 2 is 1.87 bits per heavy atom. The number of carboxylic acids is 2. The molecule has 0 aliphatic heterocycles. The molecule has 0 spiro atoms. The van der Waals surface area contributed by atoms with E-state index in [0.717, 1.165) is 9.86 Å². The molecule has 13 heteroatoms. The molecule has 0 fully saturated rings. The van der Waals surface area contributed by atoms with Crippen molar-refractivity contribution in [3.05, 3.63) is 24.3 Å². The van der Waals surface area contributed by atoms with E-state index in [1.54, 1.807) is 11.3 Å². The van der Waals surface area contributed by atoms with Gasteiger partial charge >= 0.3 is 11.9 Å². The zero-order chi connectivity index (χ0) is 22.7. The average molecular weight is 475 g/mol. The summed E-state index contributed by atoms with van der Waals surface area (Å²) in [6, 6.07) is 5.88. The lowest BCUT2D eigenvalue weighted by Gasteiger charge is -2.16. The molecule has 0 aliphatic carbocycles. The van der Waals surface area contributed by atoms with Gasteiger partial charge in [-0.05, 0) is 18.6 Å². The molecule has 1 aromatic heterocycles. The molecule has 10 nitrogen and oxygen atoms in total. The number of hydrogen-bond donors (Lipinski definition) is 7. The van der Waals surface area contributed by atoms with Crippen LogP contribution in [0.3, 0.4) is 0 Å². The maximum atomic E-state index is 11.5. The highest BCUT2D eigenvalue weighted by molar-refractivity contribution is 7.83. The van der Waals surface area contributed by atoms with Gasteiger partial charge in [0.25, 0.3) is 0 Å². The van der Waals surface area contributed by atoms with Gasteiger partial charge in [0.15, 0.2) is 0 Å². The molecule has 0 bridgehead atoms. The van der Waals surface area contributed by atoms with E-state index in [4.69, 9.17) is 15.9 Å². The molecule has 6 N–H and O–H groups in total. The Labute approximate surface area is 187 Å². The molecule has 1 aromatic carbocycles. The van der Waals surface area contributed by atoms with Crippen LogP contribution in [-0.4, -0.2) is 63.3 Å². The summed E-state index contributed by atoms with van der Waals surface area (Å²) in [5, 5.41) is 21.4. The second-order valence-corrected chi connectivity index (χ2v) is 7.98. The molecule has 164 valence electrons. The van der Waals surface area contributed by atoms with Crippen LogP contribution < -0.4 is 16.4 Å². The molecule has 0 aliphatic rings. The molecule has 0 radical (unpaired) electrons. The fraction of sp³-hybridized carbons (Fsp3) is 0.353. The number of thiazole rings is 1. The number of para-hydroxylation sites is 1. The third-order valence-electron chi connectivity index (χ3n) is 3.53. The third-order valence-corrected chi connectivity index (χ3v) is 5.11. The summed E-state index contributed by atoms with van der Waals surface area (Å²) in [4.78, 5) is 47.9. The first-order valence-corrected chi connectivity index (χ1v) is 10.5. The van der Waals surface area contributed by atoms with Crippen LogP contribution >= 0.6 is 36.6 Å². The Bertz CT molecular complexity index is 858. The lowest BCUT2D eigenvalue weighted by molar-refractivity contribution is -0.139. The van der Waals surface area contributed by atoms with Gasteiger partial charge in [0.05, 0.1) is 10.2 Å². The van der Waals surface area contributed by atoms with Gasteiger partial charge in [0.1, 0.15) is 23.0 Å². The first-order chi connectivity index (χ1) is 14.1. The molecule has 0 saturated carbocycles. The fourth-order valence-corrected chi connectivity index (χ4v) is 3.38. The maximum Gasteiger partial charge on any atom is 0.322 e. The van der Waals surface area contributed by atoms with Crippen LogP contribution in [0.4, 0.5) is 0 Å². The van der Waals surface area contributed by atoms with E-state index in [2.05, 4.69) is 40.9 Å². The number of nitrogens with one attached hydrogen (secondary N) is 2. The lowest BCUT2D eigenvalue weighted by atomic mass is 10.1. The van der Waals surface area contributed by atoms with Crippen molar-refractivity contribution in [1.82, 2.24) is 15.6 Å². The van der Waals surface area contributed by atoms with Crippen molar-refractivity contribution < 1.29 is 29.4 Å². The topological polar surface area (TPSA) is 172 Å². The highest BCUT2D eigenvalue weighted by Crippen LogP contribution is 2.23. The zero-order valence-corrected chi connectivity index (χ0v) is 18.3. The summed E-state index contributed by atoms with van der Waals surface area (Å²) in [7, 11) is 0. The van der Waals surface area contributed by atoms with Crippen LogP contribution in [0.2, 0.25) is 0 Å². The molecule has 0 saturated heterocycles. The van der Waals surface area contributed by atoms with Crippen LogP contribution in [0.15, 0.2) is 28.6 Å². The lowest BCUT2D eigenvalue weighted by Crippen LogP contribution is -2.49. The van der Waals surface area contributed by atoms with Crippen LogP contribution in [0.25, 0.3) is 10.2 Å². The van der Waals surface area contributed by atoms with Crippen LogP contribution in [0.5, 0.6) is 0 Å². The van der Waals surface area contributed by atoms with E-state index in [9.17, 15) is 19.2 Å². The highest BCUT2D eigenvalue weighted by Gasteiger charge is 2.20. The Kier molecular flexibility index (Phi) is 11.2. The van der Waals surface area contributed by atoms with E-state index in [1.165, 1.54) is 4.70 Å². The summed E-state index contributed by atoms with van der Waals surface area (Å²) < 4.78 is 2.04. The third kappa shape index (κ3) is 9.43. The second kappa shape index (κ2) is 13.1. The Hall–Kier alpha value is -2.35. The molecule has 2 atom stereocenters. The van der Waals surface area contributed by atoms with E-state index in [0.29, 0.717) is 0 Å². The van der Waals surface area contributed by atoms with Gasteiger partial charge in [0.2, 0.25) is 11.8 Å². The average Bonchev–Trinajstić information content (AvgIpc) is 3.08. The van der Waals surface area contributed by atoms with Crippen molar-refractivity contribution in [2.24, 2.45) is 5.73 Å². The van der Waals surface area contributed by atoms with Crippen LogP contribution in [-0.2, 0) is 19.2 Å². The summed E-state index contributed by atoms with van der Waals surface area (Å²) in [6.45, 7) is -0.567. The minimum absolute atomic E-state index is 0.0256. The number of nitrogens with two attached hydrogens (primary N) is 1. The molecule has 1 heterocycles.